The van der Waals surface area contributed by atoms with Gasteiger partial charge >= 0.3 is 5.97 Å². The quantitative estimate of drug-likeness (QED) is 0.380. The van der Waals surface area contributed by atoms with Crippen LogP contribution in [-0.2, 0) is 9.53 Å². The number of halogens is 1. The molecule has 0 spiro atoms. The molecule has 0 radical (unpaired) electrons. The van der Waals surface area contributed by atoms with Crippen molar-refractivity contribution in [1.29, 1.82) is 0 Å². The van der Waals surface area contributed by atoms with Crippen molar-refractivity contribution in [2.24, 2.45) is 5.41 Å². The van der Waals surface area contributed by atoms with Crippen LogP contribution in [0.2, 0.25) is 0 Å². The Morgan fingerprint density at radius 2 is 2.00 bits per heavy atom. The molecule has 0 aliphatic carbocycles. The third kappa shape index (κ3) is 6.88. The largest absolute Gasteiger partial charge is 0.469 e. The molecule has 0 aliphatic rings. The molecule has 0 saturated carbocycles. The second-order valence-corrected chi connectivity index (χ2v) is 4.44. The summed E-state index contributed by atoms with van der Waals surface area (Å²) in [6.45, 7) is 4.16. The van der Waals surface area contributed by atoms with E-state index in [1.54, 1.807) is 0 Å². The van der Waals surface area contributed by atoms with Crippen molar-refractivity contribution in [2.45, 2.75) is 39.5 Å². The minimum Gasteiger partial charge on any atom is -0.469 e. The van der Waals surface area contributed by atoms with E-state index >= 15 is 0 Å². The van der Waals surface area contributed by atoms with Crippen LogP contribution in [0.25, 0.3) is 0 Å². The van der Waals surface area contributed by atoms with Crippen molar-refractivity contribution in [3.8, 4) is 0 Å². The van der Waals surface area contributed by atoms with Gasteiger partial charge in [0.25, 0.3) is 0 Å². The van der Waals surface area contributed by atoms with Gasteiger partial charge in [0.1, 0.15) is 0 Å². The Kier molecular flexibility index (Phi) is 6.13. The van der Waals surface area contributed by atoms with Crippen molar-refractivity contribution < 1.29 is 9.53 Å². The fourth-order valence-electron chi connectivity index (χ4n) is 1.25. The molecule has 0 heterocycles. The van der Waals surface area contributed by atoms with Gasteiger partial charge in [-0.15, -0.1) is 11.6 Å². The van der Waals surface area contributed by atoms with Gasteiger partial charge in [-0.3, -0.25) is 4.79 Å². The van der Waals surface area contributed by atoms with Crippen molar-refractivity contribution >= 4 is 17.6 Å². The summed E-state index contributed by atoms with van der Waals surface area (Å²) < 4.78 is 4.63. The van der Waals surface area contributed by atoms with E-state index < -0.39 is 0 Å². The lowest BCUT2D eigenvalue weighted by molar-refractivity contribution is -0.143. The number of esters is 1. The highest BCUT2D eigenvalue weighted by molar-refractivity contribution is 6.17. The lowest BCUT2D eigenvalue weighted by Crippen LogP contribution is -2.18. The monoisotopic (exact) mass is 206 g/mol. The van der Waals surface area contributed by atoms with Crippen molar-refractivity contribution in [3.05, 3.63) is 0 Å². The van der Waals surface area contributed by atoms with E-state index in [0.717, 1.165) is 19.3 Å². The standard InChI is InChI=1S/C10H19ClO2/c1-10(2,6-4-5-7-11)8-9(12)13-3/h4-8H2,1-3H3. The first kappa shape index (κ1) is 12.8. The summed E-state index contributed by atoms with van der Waals surface area (Å²) in [5.74, 6) is 0.574. The maximum absolute atomic E-state index is 11.0. The summed E-state index contributed by atoms with van der Waals surface area (Å²) in [6, 6.07) is 0. The molecule has 2 nitrogen and oxygen atoms in total. The second-order valence-electron chi connectivity index (χ2n) is 4.06. The Balaban J connectivity index is 3.72. The average Bonchev–Trinajstić information content (AvgIpc) is 2.03. The summed E-state index contributed by atoms with van der Waals surface area (Å²) in [4.78, 5) is 11.0. The molecule has 0 unspecified atom stereocenters. The van der Waals surface area contributed by atoms with Crippen LogP contribution >= 0.6 is 11.6 Å². The van der Waals surface area contributed by atoms with Gasteiger partial charge in [0.15, 0.2) is 0 Å². The fraction of sp³-hybridized carbons (Fsp3) is 0.900. The van der Waals surface area contributed by atoms with E-state index in [-0.39, 0.29) is 11.4 Å². The second kappa shape index (κ2) is 6.25. The average molecular weight is 207 g/mol. The maximum Gasteiger partial charge on any atom is 0.306 e. The molecule has 0 bridgehead atoms. The summed E-state index contributed by atoms with van der Waals surface area (Å²) in [7, 11) is 1.43. The molecular weight excluding hydrogens is 188 g/mol. The zero-order valence-electron chi connectivity index (χ0n) is 8.73. The van der Waals surface area contributed by atoms with Gasteiger partial charge in [-0.1, -0.05) is 20.3 Å². The number of alkyl halides is 1. The molecule has 0 aromatic rings. The van der Waals surface area contributed by atoms with Gasteiger partial charge in [0, 0.05) is 5.88 Å². The van der Waals surface area contributed by atoms with Gasteiger partial charge in [-0.05, 0) is 18.3 Å². The summed E-state index contributed by atoms with van der Waals surface area (Å²) in [5, 5.41) is 0. The molecule has 13 heavy (non-hydrogen) atoms. The molecule has 0 aromatic heterocycles. The molecule has 0 aromatic carbocycles. The van der Waals surface area contributed by atoms with Crippen LogP contribution in [0.5, 0.6) is 0 Å². The highest BCUT2D eigenvalue weighted by Crippen LogP contribution is 2.27. The number of carbonyl (C=O) groups is 1. The number of hydrogen-bond acceptors (Lipinski definition) is 2. The van der Waals surface area contributed by atoms with E-state index in [1.807, 2.05) is 0 Å². The first-order valence-electron chi connectivity index (χ1n) is 4.64. The number of rotatable bonds is 6. The summed E-state index contributed by atoms with van der Waals surface area (Å²) >= 11 is 5.57. The Morgan fingerprint density at radius 1 is 1.38 bits per heavy atom. The Bertz CT molecular complexity index is 155. The van der Waals surface area contributed by atoms with Crippen LogP contribution in [0.4, 0.5) is 0 Å². The highest BCUT2D eigenvalue weighted by atomic mass is 35.5. The van der Waals surface area contributed by atoms with E-state index in [9.17, 15) is 4.79 Å². The molecule has 0 rings (SSSR count). The third-order valence-electron chi connectivity index (χ3n) is 2.09. The predicted octanol–water partition coefficient (Wildman–Crippen LogP) is 2.98. The van der Waals surface area contributed by atoms with E-state index in [2.05, 4.69) is 18.6 Å². The van der Waals surface area contributed by atoms with Gasteiger partial charge in [0.2, 0.25) is 0 Å². The molecule has 0 fully saturated rings. The number of ether oxygens (including phenoxy) is 1. The predicted molar refractivity (Wildman–Crippen MR) is 55.0 cm³/mol. The molecule has 0 atom stereocenters. The zero-order valence-corrected chi connectivity index (χ0v) is 9.49. The van der Waals surface area contributed by atoms with E-state index in [1.165, 1.54) is 7.11 Å². The smallest absolute Gasteiger partial charge is 0.306 e. The minimum absolute atomic E-state index is 0.0408. The van der Waals surface area contributed by atoms with Gasteiger partial charge in [-0.2, -0.15) is 0 Å². The van der Waals surface area contributed by atoms with E-state index in [0.29, 0.717) is 12.3 Å². The van der Waals surface area contributed by atoms with Crippen LogP contribution in [0.1, 0.15) is 39.5 Å². The number of methoxy groups -OCH3 is 1. The zero-order chi connectivity index (χ0) is 10.3. The first-order chi connectivity index (χ1) is 6.02. The third-order valence-corrected chi connectivity index (χ3v) is 2.36. The van der Waals surface area contributed by atoms with E-state index in [4.69, 9.17) is 11.6 Å². The summed E-state index contributed by atoms with van der Waals surface area (Å²) in [5.41, 5.74) is 0.0408. The molecule has 0 amide bonds. The molecule has 78 valence electrons. The molecule has 3 heteroatoms. The number of hydrogen-bond donors (Lipinski definition) is 0. The highest BCUT2D eigenvalue weighted by Gasteiger charge is 2.21. The van der Waals surface area contributed by atoms with Crippen molar-refractivity contribution in [3.63, 3.8) is 0 Å². The van der Waals surface area contributed by atoms with Crippen LogP contribution in [0.15, 0.2) is 0 Å². The SMILES string of the molecule is COC(=O)CC(C)(C)CCCCCl. The molecular formula is C10H19ClO2. The van der Waals surface area contributed by atoms with Crippen LogP contribution in [0, 0.1) is 5.41 Å². The number of carbonyl (C=O) groups excluding carboxylic acids is 1. The first-order valence-corrected chi connectivity index (χ1v) is 5.18. The lowest BCUT2D eigenvalue weighted by Gasteiger charge is -2.22. The van der Waals surface area contributed by atoms with Crippen molar-refractivity contribution in [2.75, 3.05) is 13.0 Å². The van der Waals surface area contributed by atoms with Crippen LogP contribution < -0.4 is 0 Å². The lowest BCUT2D eigenvalue weighted by atomic mass is 9.84. The Morgan fingerprint density at radius 3 is 2.46 bits per heavy atom. The Labute approximate surface area is 85.6 Å². The van der Waals surface area contributed by atoms with Crippen molar-refractivity contribution in [1.82, 2.24) is 0 Å². The van der Waals surface area contributed by atoms with Gasteiger partial charge < -0.3 is 4.74 Å². The van der Waals surface area contributed by atoms with Crippen LogP contribution in [0.3, 0.4) is 0 Å². The van der Waals surface area contributed by atoms with Gasteiger partial charge in [-0.25, -0.2) is 0 Å². The fourth-order valence-corrected chi connectivity index (χ4v) is 1.44. The van der Waals surface area contributed by atoms with Gasteiger partial charge in [0.05, 0.1) is 13.5 Å². The van der Waals surface area contributed by atoms with Crippen LogP contribution in [-0.4, -0.2) is 19.0 Å². The topological polar surface area (TPSA) is 26.3 Å². The maximum atomic E-state index is 11.0. The minimum atomic E-state index is -0.129. The Hall–Kier alpha value is -0.240. The number of unbranched alkanes of at least 4 members (excludes halogenated alkanes) is 1. The molecule has 0 saturated heterocycles. The molecule has 0 N–H and O–H groups in total. The normalized spacial score (nSPS) is 11.4. The summed E-state index contributed by atoms with van der Waals surface area (Å²) in [6.07, 6.45) is 3.61. The molecule has 0 aliphatic heterocycles.